The predicted octanol–water partition coefficient (Wildman–Crippen LogP) is 5.87. The smallest absolute Gasteiger partial charge is 0.457 e. The van der Waals surface area contributed by atoms with Crippen LogP contribution in [0.4, 0.5) is 0 Å². The van der Waals surface area contributed by atoms with Gasteiger partial charge in [0, 0.05) is 13.0 Å². The van der Waals surface area contributed by atoms with Gasteiger partial charge in [-0.05, 0) is 12.8 Å². The van der Waals surface area contributed by atoms with E-state index >= 15 is 0 Å². The van der Waals surface area contributed by atoms with Crippen LogP contribution in [0.15, 0.2) is 0 Å². The quantitative estimate of drug-likeness (QED) is 0.0752. The van der Waals surface area contributed by atoms with E-state index in [4.69, 9.17) is 18.5 Å². The fourth-order valence-electron chi connectivity index (χ4n) is 3.25. The molecular formula is C25H53NO7P+. The first kappa shape index (κ1) is 33.5. The van der Waals surface area contributed by atoms with Crippen molar-refractivity contribution in [3.8, 4) is 0 Å². The van der Waals surface area contributed by atoms with E-state index < -0.39 is 13.9 Å². The number of rotatable bonds is 24. The molecule has 8 nitrogen and oxygen atoms in total. The Kier molecular flexibility index (Phi) is 20.4. The van der Waals surface area contributed by atoms with Crippen LogP contribution < -0.4 is 0 Å². The highest BCUT2D eigenvalue weighted by atomic mass is 31.2. The van der Waals surface area contributed by atoms with Crippen LogP contribution in [0, 0.1) is 0 Å². The molecule has 0 amide bonds. The van der Waals surface area contributed by atoms with Crippen LogP contribution in [-0.4, -0.2) is 75.6 Å². The minimum absolute atomic E-state index is 0.0914. The van der Waals surface area contributed by atoms with Crippen molar-refractivity contribution in [2.45, 2.75) is 103 Å². The zero-order valence-electron chi connectivity index (χ0n) is 22.6. The van der Waals surface area contributed by atoms with Gasteiger partial charge in [0.1, 0.15) is 19.3 Å². The van der Waals surface area contributed by atoms with Gasteiger partial charge in [-0.1, -0.05) is 78.1 Å². The number of esters is 1. The number of likely N-dealkylation sites (N-methyl/N-ethyl adjacent to an activating group) is 1. The van der Waals surface area contributed by atoms with Crippen molar-refractivity contribution in [1.82, 2.24) is 0 Å². The Balaban J connectivity index is 4.38. The highest BCUT2D eigenvalue weighted by Gasteiger charge is 2.26. The molecule has 2 unspecified atom stereocenters. The summed E-state index contributed by atoms with van der Waals surface area (Å²) in [4.78, 5) is 22.2. The maximum Gasteiger partial charge on any atom is 0.472 e. The summed E-state index contributed by atoms with van der Waals surface area (Å²) in [5.41, 5.74) is 0. The van der Waals surface area contributed by atoms with Crippen molar-refractivity contribution in [2.75, 3.05) is 54.1 Å². The molecule has 0 aromatic rings. The Morgan fingerprint density at radius 1 is 0.794 bits per heavy atom. The number of quaternary nitrogens is 1. The van der Waals surface area contributed by atoms with Gasteiger partial charge in [-0.2, -0.15) is 0 Å². The third-order valence-electron chi connectivity index (χ3n) is 5.42. The zero-order chi connectivity index (χ0) is 25.7. The van der Waals surface area contributed by atoms with E-state index in [1.54, 1.807) is 0 Å². The molecule has 0 aliphatic rings. The van der Waals surface area contributed by atoms with Gasteiger partial charge in [0.15, 0.2) is 0 Å². The molecule has 0 rings (SSSR count). The van der Waals surface area contributed by atoms with Crippen molar-refractivity contribution in [2.24, 2.45) is 0 Å². The number of phosphoric ester groups is 1. The van der Waals surface area contributed by atoms with Gasteiger partial charge < -0.3 is 18.9 Å². The highest BCUT2D eigenvalue weighted by Crippen LogP contribution is 2.43. The maximum absolute atomic E-state index is 12.2. The number of hydrogen-bond acceptors (Lipinski definition) is 6. The third kappa shape index (κ3) is 23.3. The molecule has 0 saturated heterocycles. The third-order valence-corrected chi connectivity index (χ3v) is 6.40. The van der Waals surface area contributed by atoms with E-state index in [2.05, 4.69) is 13.8 Å². The summed E-state index contributed by atoms with van der Waals surface area (Å²) in [6, 6.07) is 0. The predicted molar refractivity (Wildman–Crippen MR) is 137 cm³/mol. The first-order valence-corrected chi connectivity index (χ1v) is 14.8. The topological polar surface area (TPSA) is 91.3 Å². The number of carbonyl (C=O) groups is 1. The van der Waals surface area contributed by atoms with Crippen LogP contribution in [0.25, 0.3) is 0 Å². The first-order chi connectivity index (χ1) is 16.1. The summed E-state index contributed by atoms with van der Waals surface area (Å²) < 4.78 is 34.2. The number of hydrogen-bond donors (Lipinski definition) is 1. The van der Waals surface area contributed by atoms with E-state index in [0.717, 1.165) is 38.5 Å². The highest BCUT2D eigenvalue weighted by molar-refractivity contribution is 7.47. The normalized spacial score (nSPS) is 14.6. The molecule has 0 radical (unpaired) electrons. The lowest BCUT2D eigenvalue weighted by Gasteiger charge is -2.24. The Morgan fingerprint density at radius 2 is 1.35 bits per heavy atom. The van der Waals surface area contributed by atoms with Crippen LogP contribution >= 0.6 is 7.82 Å². The number of carbonyl (C=O) groups excluding carboxylic acids is 1. The van der Waals surface area contributed by atoms with Crippen molar-refractivity contribution < 1.29 is 37.3 Å². The second kappa shape index (κ2) is 20.7. The maximum atomic E-state index is 12.2. The molecule has 0 heterocycles. The van der Waals surface area contributed by atoms with Crippen molar-refractivity contribution >= 4 is 13.8 Å². The van der Waals surface area contributed by atoms with Gasteiger partial charge in [0.25, 0.3) is 0 Å². The van der Waals surface area contributed by atoms with E-state index in [0.29, 0.717) is 24.1 Å². The molecule has 0 bridgehead atoms. The average Bonchev–Trinajstić information content (AvgIpc) is 2.75. The van der Waals surface area contributed by atoms with E-state index in [9.17, 15) is 14.3 Å². The van der Waals surface area contributed by atoms with Gasteiger partial charge >= 0.3 is 13.8 Å². The Morgan fingerprint density at radius 3 is 1.94 bits per heavy atom. The summed E-state index contributed by atoms with van der Waals surface area (Å²) in [5, 5.41) is 0. The summed E-state index contributed by atoms with van der Waals surface area (Å²) in [6.07, 6.45) is 13.2. The lowest BCUT2D eigenvalue weighted by Crippen LogP contribution is -2.37. The fraction of sp³-hybridized carbons (Fsp3) is 0.960. The standard InChI is InChI=1S/C25H52NO7P/c1-6-8-10-12-13-14-15-17-20-30-22-24(33-25(27)18-16-11-9-7-2)23-32-34(28,29)31-21-19-26(3,4)5/h24H,6-23H2,1-5H3/p+1. The lowest BCUT2D eigenvalue weighted by atomic mass is 10.1. The zero-order valence-corrected chi connectivity index (χ0v) is 23.5. The average molecular weight is 511 g/mol. The molecule has 0 fully saturated rings. The molecule has 2 atom stereocenters. The summed E-state index contributed by atoms with van der Waals surface area (Å²) in [7, 11) is 1.67. The van der Waals surface area contributed by atoms with Crippen LogP contribution in [0.2, 0.25) is 0 Å². The fourth-order valence-corrected chi connectivity index (χ4v) is 4.00. The number of unbranched alkanes of at least 4 members (excludes halogenated alkanes) is 10. The molecule has 0 spiro atoms. The van der Waals surface area contributed by atoms with Crippen LogP contribution in [0.3, 0.4) is 0 Å². The first-order valence-electron chi connectivity index (χ1n) is 13.3. The molecule has 34 heavy (non-hydrogen) atoms. The van der Waals surface area contributed by atoms with Crippen LogP contribution in [0.1, 0.15) is 97.3 Å². The molecular weight excluding hydrogens is 457 g/mol. The molecule has 0 aromatic carbocycles. The Labute approximate surface area is 208 Å². The molecule has 0 saturated carbocycles. The minimum Gasteiger partial charge on any atom is -0.457 e. The SMILES string of the molecule is CCCCCCCCCCOCC(COP(=O)(O)OCC[N+](C)(C)C)OC(=O)CCCCCC. The van der Waals surface area contributed by atoms with Gasteiger partial charge in [-0.25, -0.2) is 4.57 Å². The monoisotopic (exact) mass is 510 g/mol. The largest absolute Gasteiger partial charge is 0.472 e. The van der Waals surface area contributed by atoms with Crippen molar-refractivity contribution in [3.63, 3.8) is 0 Å². The molecule has 0 aromatic heterocycles. The van der Waals surface area contributed by atoms with E-state index in [-0.39, 0.29) is 25.8 Å². The Hall–Kier alpha value is -0.500. The number of phosphoric acid groups is 1. The van der Waals surface area contributed by atoms with Gasteiger partial charge in [0.2, 0.25) is 0 Å². The molecule has 1 N–H and O–H groups in total. The lowest BCUT2D eigenvalue weighted by molar-refractivity contribution is -0.870. The van der Waals surface area contributed by atoms with Crippen LogP contribution in [-0.2, 0) is 27.9 Å². The molecule has 0 aliphatic heterocycles. The molecule has 0 aliphatic carbocycles. The van der Waals surface area contributed by atoms with E-state index in [1.165, 1.54) is 38.5 Å². The molecule has 9 heteroatoms. The van der Waals surface area contributed by atoms with Gasteiger partial charge in [-0.15, -0.1) is 0 Å². The van der Waals surface area contributed by atoms with Gasteiger partial charge in [-0.3, -0.25) is 13.8 Å². The van der Waals surface area contributed by atoms with Crippen molar-refractivity contribution in [1.29, 1.82) is 0 Å². The second-order valence-electron chi connectivity index (χ2n) is 10.1. The summed E-state index contributed by atoms with van der Waals surface area (Å²) in [6.45, 7) is 5.45. The summed E-state index contributed by atoms with van der Waals surface area (Å²) >= 11 is 0. The minimum atomic E-state index is -4.23. The molecule has 204 valence electrons. The Bertz CT molecular complexity index is 540. The second-order valence-corrected chi connectivity index (χ2v) is 11.5. The van der Waals surface area contributed by atoms with Crippen molar-refractivity contribution in [3.05, 3.63) is 0 Å². The number of ether oxygens (including phenoxy) is 2. The van der Waals surface area contributed by atoms with E-state index in [1.807, 2.05) is 21.1 Å². The van der Waals surface area contributed by atoms with Gasteiger partial charge in [0.05, 0.1) is 34.4 Å². The summed E-state index contributed by atoms with van der Waals surface area (Å²) in [5.74, 6) is -0.334. The number of nitrogens with zero attached hydrogens (tertiary/aromatic N) is 1. The van der Waals surface area contributed by atoms with Crippen LogP contribution in [0.5, 0.6) is 0 Å².